The van der Waals surface area contributed by atoms with Crippen LogP contribution in [0, 0.1) is 0 Å². The highest BCUT2D eigenvalue weighted by Gasteiger charge is 2.21. The molecule has 4 aromatic rings. The number of benzene rings is 2. The quantitative estimate of drug-likeness (QED) is 0.394. The van der Waals surface area contributed by atoms with Gasteiger partial charge in [0.1, 0.15) is 0 Å². The number of carbonyl (C=O) groups is 1. The number of pyridine rings is 1. The lowest BCUT2D eigenvalue weighted by atomic mass is 10.2. The Morgan fingerprint density at radius 1 is 1.06 bits per heavy atom. The van der Waals surface area contributed by atoms with Crippen molar-refractivity contribution in [2.45, 2.75) is 23.9 Å². The Hall–Kier alpha value is -3.16. The standard InChI is InChI=1S/C23H20ClN5OS/c1-16(22(30)26-20-11-9-19(24)10-12-20)31-23-28-27-21(18-8-5-13-25-14-18)29(23)15-17-6-3-2-4-7-17/h2-14,16H,15H2,1H3,(H,26,30). The van der Waals surface area contributed by atoms with E-state index < -0.39 is 0 Å². The normalized spacial score (nSPS) is 11.8. The van der Waals surface area contributed by atoms with Crippen LogP contribution in [-0.4, -0.2) is 30.9 Å². The fourth-order valence-corrected chi connectivity index (χ4v) is 3.96. The number of halogens is 1. The van der Waals surface area contributed by atoms with Crippen LogP contribution in [-0.2, 0) is 11.3 Å². The Kier molecular flexibility index (Phi) is 6.64. The first-order chi connectivity index (χ1) is 15.1. The summed E-state index contributed by atoms with van der Waals surface area (Å²) in [7, 11) is 0. The van der Waals surface area contributed by atoms with Crippen molar-refractivity contribution in [3.05, 3.63) is 89.7 Å². The summed E-state index contributed by atoms with van der Waals surface area (Å²) in [4.78, 5) is 16.9. The highest BCUT2D eigenvalue weighted by molar-refractivity contribution is 8.00. The minimum absolute atomic E-state index is 0.121. The molecular weight excluding hydrogens is 430 g/mol. The third kappa shape index (κ3) is 5.31. The van der Waals surface area contributed by atoms with E-state index in [1.165, 1.54) is 11.8 Å². The van der Waals surface area contributed by atoms with Crippen LogP contribution in [0.25, 0.3) is 11.4 Å². The first-order valence-electron chi connectivity index (χ1n) is 9.71. The average Bonchev–Trinajstić information content (AvgIpc) is 3.18. The molecule has 1 amide bonds. The van der Waals surface area contributed by atoms with Gasteiger partial charge in [-0.1, -0.05) is 53.7 Å². The Morgan fingerprint density at radius 3 is 2.55 bits per heavy atom. The van der Waals surface area contributed by atoms with Crippen LogP contribution >= 0.6 is 23.4 Å². The van der Waals surface area contributed by atoms with E-state index in [0.717, 1.165) is 11.1 Å². The van der Waals surface area contributed by atoms with Crippen LogP contribution in [0.4, 0.5) is 5.69 Å². The molecule has 1 atom stereocenters. The largest absolute Gasteiger partial charge is 0.325 e. The lowest BCUT2D eigenvalue weighted by Gasteiger charge is -2.14. The summed E-state index contributed by atoms with van der Waals surface area (Å²) in [6, 6.07) is 20.9. The number of rotatable bonds is 7. The first-order valence-corrected chi connectivity index (χ1v) is 11.0. The monoisotopic (exact) mass is 449 g/mol. The summed E-state index contributed by atoms with van der Waals surface area (Å²) in [5, 5.41) is 12.6. The number of carbonyl (C=O) groups excluding carboxylic acids is 1. The number of hydrogen-bond acceptors (Lipinski definition) is 5. The molecule has 1 N–H and O–H groups in total. The lowest BCUT2D eigenvalue weighted by Crippen LogP contribution is -2.23. The Morgan fingerprint density at radius 2 is 1.84 bits per heavy atom. The van der Waals surface area contributed by atoms with Gasteiger partial charge >= 0.3 is 0 Å². The molecule has 2 aromatic heterocycles. The minimum atomic E-state index is -0.379. The van der Waals surface area contributed by atoms with Gasteiger partial charge in [0, 0.05) is 28.7 Å². The molecule has 0 aliphatic heterocycles. The van der Waals surface area contributed by atoms with Gasteiger partial charge in [-0.05, 0) is 48.9 Å². The summed E-state index contributed by atoms with van der Waals surface area (Å²) in [6.07, 6.45) is 3.48. The molecule has 0 bridgehead atoms. The van der Waals surface area contributed by atoms with Crippen molar-refractivity contribution >= 4 is 35.0 Å². The van der Waals surface area contributed by atoms with E-state index in [9.17, 15) is 4.79 Å². The van der Waals surface area contributed by atoms with Gasteiger partial charge < -0.3 is 5.32 Å². The highest BCUT2D eigenvalue weighted by atomic mass is 35.5. The Bertz CT molecular complexity index is 1150. The van der Waals surface area contributed by atoms with Gasteiger partial charge in [-0.25, -0.2) is 0 Å². The number of hydrogen-bond donors (Lipinski definition) is 1. The molecule has 0 aliphatic rings. The summed E-state index contributed by atoms with van der Waals surface area (Å²) < 4.78 is 2.02. The van der Waals surface area contributed by atoms with E-state index in [-0.39, 0.29) is 11.2 Å². The molecule has 6 nitrogen and oxygen atoms in total. The molecule has 0 saturated carbocycles. The molecular formula is C23H20ClN5OS. The van der Waals surface area contributed by atoms with Crippen LogP contribution in [0.5, 0.6) is 0 Å². The number of nitrogens with zero attached hydrogens (tertiary/aromatic N) is 4. The van der Waals surface area contributed by atoms with Gasteiger partial charge in [-0.2, -0.15) is 0 Å². The van der Waals surface area contributed by atoms with Gasteiger partial charge in [0.15, 0.2) is 11.0 Å². The van der Waals surface area contributed by atoms with Gasteiger partial charge in [-0.3, -0.25) is 14.3 Å². The maximum absolute atomic E-state index is 12.7. The van der Waals surface area contributed by atoms with Crippen molar-refractivity contribution in [3.63, 3.8) is 0 Å². The number of amides is 1. The fraction of sp³-hybridized carbons (Fsp3) is 0.130. The van der Waals surface area contributed by atoms with Crippen LogP contribution in [0.15, 0.2) is 84.3 Å². The minimum Gasteiger partial charge on any atom is -0.325 e. The van der Waals surface area contributed by atoms with Gasteiger partial charge in [0.2, 0.25) is 5.91 Å². The van der Waals surface area contributed by atoms with Gasteiger partial charge in [-0.15, -0.1) is 10.2 Å². The third-order valence-corrected chi connectivity index (χ3v) is 5.92. The summed E-state index contributed by atoms with van der Waals surface area (Å²) in [5.74, 6) is 0.592. The smallest absolute Gasteiger partial charge is 0.237 e. The first kappa shape index (κ1) is 21.1. The molecule has 2 aromatic carbocycles. The van der Waals surface area contributed by atoms with E-state index in [4.69, 9.17) is 11.6 Å². The Labute approximate surface area is 189 Å². The van der Waals surface area contributed by atoms with Gasteiger partial charge in [0.05, 0.1) is 11.8 Å². The van der Waals surface area contributed by atoms with Crippen molar-refractivity contribution in [3.8, 4) is 11.4 Å². The maximum Gasteiger partial charge on any atom is 0.237 e. The van der Waals surface area contributed by atoms with Crippen molar-refractivity contribution in [2.75, 3.05) is 5.32 Å². The van der Waals surface area contributed by atoms with Crippen LogP contribution < -0.4 is 5.32 Å². The van der Waals surface area contributed by atoms with E-state index >= 15 is 0 Å². The second-order valence-electron chi connectivity index (χ2n) is 6.88. The van der Waals surface area contributed by atoms with Crippen LogP contribution in [0.2, 0.25) is 5.02 Å². The zero-order valence-corrected chi connectivity index (χ0v) is 18.3. The van der Waals surface area contributed by atoms with E-state index in [1.54, 1.807) is 36.7 Å². The van der Waals surface area contributed by atoms with Gasteiger partial charge in [0.25, 0.3) is 0 Å². The molecule has 4 rings (SSSR count). The zero-order chi connectivity index (χ0) is 21.6. The molecule has 0 radical (unpaired) electrons. The second kappa shape index (κ2) is 9.76. The molecule has 1 unspecified atom stereocenters. The molecule has 2 heterocycles. The number of aromatic nitrogens is 4. The summed E-state index contributed by atoms with van der Waals surface area (Å²) in [6.45, 7) is 2.44. The average molecular weight is 450 g/mol. The second-order valence-corrected chi connectivity index (χ2v) is 8.62. The summed E-state index contributed by atoms with van der Waals surface area (Å²) in [5.41, 5.74) is 2.69. The fourth-order valence-electron chi connectivity index (χ4n) is 2.98. The predicted molar refractivity (Wildman–Crippen MR) is 124 cm³/mol. The molecule has 0 aliphatic carbocycles. The van der Waals surface area contributed by atoms with E-state index in [1.807, 2.05) is 41.8 Å². The van der Waals surface area contributed by atoms with Crippen LogP contribution in [0.1, 0.15) is 12.5 Å². The number of anilines is 1. The molecule has 0 saturated heterocycles. The molecule has 8 heteroatoms. The SMILES string of the molecule is CC(Sc1nnc(-c2cccnc2)n1Cc1ccccc1)C(=O)Nc1ccc(Cl)cc1. The van der Waals surface area contributed by atoms with Crippen LogP contribution in [0.3, 0.4) is 0 Å². The highest BCUT2D eigenvalue weighted by Crippen LogP contribution is 2.28. The predicted octanol–water partition coefficient (Wildman–Crippen LogP) is 5.16. The number of nitrogens with one attached hydrogen (secondary N) is 1. The van der Waals surface area contributed by atoms with Crippen molar-refractivity contribution < 1.29 is 4.79 Å². The number of thioether (sulfide) groups is 1. The molecule has 0 fully saturated rings. The third-order valence-electron chi connectivity index (χ3n) is 4.58. The topological polar surface area (TPSA) is 72.7 Å². The Balaban J connectivity index is 1.57. The van der Waals surface area contributed by atoms with E-state index in [0.29, 0.717) is 28.2 Å². The molecule has 31 heavy (non-hydrogen) atoms. The lowest BCUT2D eigenvalue weighted by molar-refractivity contribution is -0.115. The zero-order valence-electron chi connectivity index (χ0n) is 16.8. The molecule has 0 spiro atoms. The van der Waals surface area contributed by atoms with E-state index in [2.05, 4.69) is 32.6 Å². The van der Waals surface area contributed by atoms with Crippen molar-refractivity contribution in [1.82, 2.24) is 19.7 Å². The van der Waals surface area contributed by atoms with Crippen molar-refractivity contribution in [1.29, 1.82) is 0 Å². The molecule has 156 valence electrons. The van der Waals surface area contributed by atoms with Crippen molar-refractivity contribution in [2.24, 2.45) is 0 Å². The maximum atomic E-state index is 12.7. The summed E-state index contributed by atoms with van der Waals surface area (Å²) >= 11 is 7.28.